The van der Waals surface area contributed by atoms with Gasteiger partial charge in [0.15, 0.2) is 0 Å². The lowest BCUT2D eigenvalue weighted by atomic mass is 9.83. The number of carbonyl (C=O) groups is 4. The first-order valence-corrected chi connectivity index (χ1v) is 13.4. The number of para-hydroxylation sites is 1. The fourth-order valence-electron chi connectivity index (χ4n) is 5.20. The second-order valence-corrected chi connectivity index (χ2v) is 10.5. The van der Waals surface area contributed by atoms with Gasteiger partial charge >= 0.3 is 12.2 Å². The second-order valence-electron chi connectivity index (χ2n) is 10.5. The molecule has 42 heavy (non-hydrogen) atoms. The number of aromatic nitrogens is 1. The summed E-state index contributed by atoms with van der Waals surface area (Å²) in [5.74, 6) is -3.28. The van der Waals surface area contributed by atoms with E-state index in [1.807, 2.05) is 38.1 Å². The van der Waals surface area contributed by atoms with E-state index in [0.717, 1.165) is 21.4 Å². The molecule has 3 atom stereocenters. The Kier molecular flexibility index (Phi) is 8.97. The number of Topliss-reactive ketones (excluding diaryl/α,β-unsaturated/α-hetero) is 1. The molecule has 0 saturated heterocycles. The Labute approximate surface area is 242 Å². The molecular formula is C30H32N6O6. The smallest absolute Gasteiger partial charge is 0.325 e. The van der Waals surface area contributed by atoms with Crippen LogP contribution < -0.4 is 5.32 Å². The molecule has 1 unspecified atom stereocenters. The zero-order valence-corrected chi connectivity index (χ0v) is 23.5. The number of aliphatic carboxylic acids is 1. The molecule has 2 aromatic carbocycles. The number of oxime groups is 1. The lowest BCUT2D eigenvalue weighted by Crippen LogP contribution is -2.53. The predicted molar refractivity (Wildman–Crippen MR) is 154 cm³/mol. The molecule has 1 aliphatic rings. The van der Waals surface area contributed by atoms with Crippen molar-refractivity contribution in [3.63, 3.8) is 0 Å². The van der Waals surface area contributed by atoms with E-state index in [-0.39, 0.29) is 24.7 Å². The van der Waals surface area contributed by atoms with Crippen LogP contribution >= 0.6 is 0 Å². The van der Waals surface area contributed by atoms with E-state index in [0.29, 0.717) is 17.5 Å². The number of carboxylic acids is 1. The van der Waals surface area contributed by atoms with E-state index in [9.17, 15) is 24.3 Å². The first-order chi connectivity index (χ1) is 20.1. The highest BCUT2D eigenvalue weighted by Crippen LogP contribution is 2.38. The van der Waals surface area contributed by atoms with Gasteiger partial charge in [-0.3, -0.25) is 19.2 Å². The standard InChI is InChI=1S/C30H32N6O6/c1-18(2)28(34-26(38)13-19-16-32-22-12-8-7-11-21(19)22)23-15-30(42-35-23,20-9-5-4-6-10-20)29(41)36(3)24(14-27(39)40)25(37)17-33-31/h4-12,16-18,24,28,32H,13-15H2,1-3H3,(H,34,38)(H,39,40)/t24-,28-,30?/m0/s1. The van der Waals surface area contributed by atoms with Crippen LogP contribution in [0.4, 0.5) is 0 Å². The van der Waals surface area contributed by atoms with Crippen molar-refractivity contribution in [3.8, 4) is 0 Å². The van der Waals surface area contributed by atoms with Gasteiger partial charge in [0.05, 0.1) is 24.6 Å². The third-order valence-electron chi connectivity index (χ3n) is 7.37. The monoisotopic (exact) mass is 572 g/mol. The summed E-state index contributed by atoms with van der Waals surface area (Å²) >= 11 is 0. The average Bonchev–Trinajstić information content (AvgIpc) is 3.60. The third-order valence-corrected chi connectivity index (χ3v) is 7.37. The van der Waals surface area contributed by atoms with Gasteiger partial charge in [0.2, 0.25) is 11.5 Å². The maximum absolute atomic E-state index is 14.1. The van der Waals surface area contributed by atoms with E-state index < -0.39 is 41.8 Å². The summed E-state index contributed by atoms with van der Waals surface area (Å²) in [7, 11) is 1.29. The van der Waals surface area contributed by atoms with Gasteiger partial charge in [-0.05, 0) is 17.5 Å². The number of nitrogens with one attached hydrogen (secondary N) is 2. The molecule has 3 aromatic rings. The van der Waals surface area contributed by atoms with Gasteiger partial charge in [-0.1, -0.05) is 67.5 Å². The molecule has 12 nitrogen and oxygen atoms in total. The van der Waals surface area contributed by atoms with E-state index in [2.05, 4.69) is 20.2 Å². The number of rotatable bonds is 12. The minimum atomic E-state index is -1.73. The number of hydrogen-bond donors (Lipinski definition) is 3. The second kappa shape index (κ2) is 12.6. The summed E-state index contributed by atoms with van der Waals surface area (Å²) in [6, 6.07) is 14.2. The van der Waals surface area contributed by atoms with Gasteiger partial charge in [0.1, 0.15) is 6.04 Å². The molecule has 0 saturated carbocycles. The van der Waals surface area contributed by atoms with E-state index in [1.54, 1.807) is 36.5 Å². The first-order valence-electron chi connectivity index (χ1n) is 13.4. The van der Waals surface area contributed by atoms with E-state index >= 15 is 0 Å². The van der Waals surface area contributed by atoms with Crippen LogP contribution in [0.5, 0.6) is 0 Å². The van der Waals surface area contributed by atoms with Crippen molar-refractivity contribution < 1.29 is 33.9 Å². The molecule has 0 aliphatic carbocycles. The van der Waals surface area contributed by atoms with Crippen molar-refractivity contribution >= 4 is 46.4 Å². The van der Waals surface area contributed by atoms with E-state index in [4.69, 9.17) is 10.4 Å². The summed E-state index contributed by atoms with van der Waals surface area (Å²) in [6.45, 7) is 3.82. The predicted octanol–water partition coefficient (Wildman–Crippen LogP) is 2.69. The van der Waals surface area contributed by atoms with Crippen molar-refractivity contribution in [1.82, 2.24) is 15.2 Å². The number of hydrogen-bond acceptors (Lipinski definition) is 6. The zero-order valence-electron chi connectivity index (χ0n) is 23.5. The van der Waals surface area contributed by atoms with Crippen LogP contribution in [-0.4, -0.2) is 74.4 Å². The molecule has 0 radical (unpaired) electrons. The first kappa shape index (κ1) is 29.9. The Balaban J connectivity index is 1.61. The number of H-pyrrole nitrogens is 1. The van der Waals surface area contributed by atoms with Crippen LogP contribution in [0.25, 0.3) is 16.4 Å². The van der Waals surface area contributed by atoms with Crippen LogP contribution in [0.2, 0.25) is 0 Å². The molecule has 0 bridgehead atoms. The number of likely N-dealkylation sites (N-methyl/N-ethyl adjacent to an activating group) is 1. The maximum atomic E-state index is 14.1. The molecular weight excluding hydrogens is 540 g/mol. The number of carboxylic acid groups (broad SMARTS) is 1. The van der Waals surface area contributed by atoms with Gasteiger partial charge in [0.25, 0.3) is 11.7 Å². The summed E-state index contributed by atoms with van der Waals surface area (Å²) < 4.78 is 0. The number of aromatic amines is 1. The Morgan fingerprint density at radius 1 is 1.17 bits per heavy atom. The lowest BCUT2D eigenvalue weighted by molar-refractivity contribution is -0.160. The summed E-state index contributed by atoms with van der Waals surface area (Å²) in [6.07, 6.45) is 1.71. The van der Waals surface area contributed by atoms with Crippen LogP contribution in [0, 0.1) is 5.92 Å². The molecule has 2 heterocycles. The minimum absolute atomic E-state index is 0.0571. The molecule has 12 heteroatoms. The molecule has 1 aromatic heterocycles. The van der Waals surface area contributed by atoms with Crippen LogP contribution in [0.15, 0.2) is 65.9 Å². The minimum Gasteiger partial charge on any atom is -0.481 e. The Morgan fingerprint density at radius 3 is 2.52 bits per heavy atom. The molecule has 4 rings (SSSR count). The SMILES string of the molecule is CC(C)[C@H](NC(=O)Cc1c[nH]c2ccccc12)C1=NOC(C(=O)N(C)[C@@H](CC(=O)O)C(=O)C=[N+]=[N-])(c2ccccc2)C1. The van der Waals surface area contributed by atoms with E-state index in [1.165, 1.54) is 7.05 Å². The Morgan fingerprint density at radius 2 is 1.86 bits per heavy atom. The summed E-state index contributed by atoms with van der Waals surface area (Å²) in [5.41, 5.74) is 9.74. The van der Waals surface area contributed by atoms with Crippen molar-refractivity contribution in [2.24, 2.45) is 11.1 Å². The largest absolute Gasteiger partial charge is 0.481 e. The molecule has 218 valence electrons. The normalized spacial score (nSPS) is 17.5. The van der Waals surface area contributed by atoms with Crippen LogP contribution in [0.1, 0.15) is 37.8 Å². The number of nitrogens with zero attached hydrogens (tertiary/aromatic N) is 4. The number of ketones is 1. The molecule has 0 fully saturated rings. The summed E-state index contributed by atoms with van der Waals surface area (Å²) in [5, 5.41) is 17.7. The van der Waals surface area contributed by atoms with Gasteiger partial charge in [-0.2, -0.15) is 4.79 Å². The number of benzene rings is 2. The van der Waals surface area contributed by atoms with Crippen molar-refractivity contribution in [2.45, 2.75) is 50.8 Å². The van der Waals surface area contributed by atoms with Crippen molar-refractivity contribution in [3.05, 3.63) is 77.5 Å². The van der Waals surface area contributed by atoms with Gasteiger partial charge < -0.3 is 30.7 Å². The summed E-state index contributed by atoms with van der Waals surface area (Å²) in [4.78, 5) is 64.1. The highest BCUT2D eigenvalue weighted by molar-refractivity contribution is 6.28. The molecule has 1 aliphatic heterocycles. The molecule has 2 amide bonds. The third kappa shape index (κ3) is 6.13. The maximum Gasteiger partial charge on any atom is 0.325 e. The Hall–Kier alpha value is -5.09. The highest BCUT2D eigenvalue weighted by Gasteiger charge is 2.53. The molecule has 3 N–H and O–H groups in total. The lowest BCUT2D eigenvalue weighted by Gasteiger charge is -2.33. The van der Waals surface area contributed by atoms with Crippen molar-refractivity contribution in [1.29, 1.82) is 0 Å². The highest BCUT2D eigenvalue weighted by atomic mass is 16.7. The number of fused-ring (bicyclic) bond motifs is 1. The number of amides is 2. The number of carbonyl (C=O) groups excluding carboxylic acids is 3. The average molecular weight is 573 g/mol. The topological polar surface area (TPSA) is 178 Å². The van der Waals surface area contributed by atoms with Crippen LogP contribution in [0.3, 0.4) is 0 Å². The quantitative estimate of drug-likeness (QED) is 0.171. The van der Waals surface area contributed by atoms with Gasteiger partial charge in [-0.25, -0.2) is 0 Å². The zero-order chi connectivity index (χ0) is 30.4. The fourth-order valence-corrected chi connectivity index (χ4v) is 5.20. The molecule has 0 spiro atoms. The van der Waals surface area contributed by atoms with Crippen LogP contribution in [-0.2, 0) is 36.0 Å². The van der Waals surface area contributed by atoms with Gasteiger partial charge in [-0.15, -0.1) is 0 Å². The van der Waals surface area contributed by atoms with Crippen molar-refractivity contribution in [2.75, 3.05) is 7.05 Å². The Bertz CT molecular complexity index is 1580. The fraction of sp³-hybridized carbons (Fsp3) is 0.333. The van der Waals surface area contributed by atoms with Gasteiger partial charge in [0, 0.05) is 36.1 Å².